The number of halogens is 1. The van der Waals surface area contributed by atoms with Gasteiger partial charge < -0.3 is 5.32 Å². The van der Waals surface area contributed by atoms with Crippen LogP contribution in [0, 0.1) is 6.92 Å². The highest BCUT2D eigenvalue weighted by Gasteiger charge is 2.10. The van der Waals surface area contributed by atoms with Crippen molar-refractivity contribution in [2.45, 2.75) is 6.92 Å². The Morgan fingerprint density at radius 1 is 1.50 bits per heavy atom. The van der Waals surface area contributed by atoms with E-state index in [9.17, 15) is 4.79 Å². The van der Waals surface area contributed by atoms with Gasteiger partial charge in [-0.1, -0.05) is 17.7 Å². The maximum absolute atomic E-state index is 11.7. The highest BCUT2D eigenvalue weighted by Crippen LogP contribution is 2.11. The number of rotatable bonds is 2. The monoisotopic (exact) mass is 236 g/mol. The van der Waals surface area contributed by atoms with E-state index in [4.69, 9.17) is 11.6 Å². The van der Waals surface area contributed by atoms with Gasteiger partial charge in [-0.15, -0.1) is 0 Å². The summed E-state index contributed by atoms with van der Waals surface area (Å²) in [6.07, 6.45) is 1.63. The number of anilines is 1. The lowest BCUT2D eigenvalue weighted by atomic mass is 10.3. The van der Waals surface area contributed by atoms with E-state index in [1.165, 1.54) is 0 Å². The number of H-pyrrole nitrogens is 1. The normalized spacial score (nSPS) is 10.1. The molecule has 0 fully saturated rings. The summed E-state index contributed by atoms with van der Waals surface area (Å²) in [5.74, 6) is 0.238. The predicted molar refractivity (Wildman–Crippen MR) is 60.5 cm³/mol. The van der Waals surface area contributed by atoms with Crippen LogP contribution in [0.5, 0.6) is 0 Å². The summed E-state index contributed by atoms with van der Waals surface area (Å²) < 4.78 is 0. The van der Waals surface area contributed by atoms with E-state index in [1.807, 2.05) is 6.92 Å². The van der Waals surface area contributed by atoms with Gasteiger partial charge in [0.2, 0.25) is 0 Å². The average Bonchev–Trinajstić information content (AvgIpc) is 2.64. The first kappa shape index (κ1) is 10.6. The first-order chi connectivity index (χ1) is 7.66. The Balaban J connectivity index is 2.18. The van der Waals surface area contributed by atoms with Crippen LogP contribution in [0.2, 0.25) is 5.15 Å². The number of aryl methyl sites for hydroxylation is 1. The Labute approximate surface area is 96.8 Å². The van der Waals surface area contributed by atoms with E-state index in [0.29, 0.717) is 5.82 Å². The van der Waals surface area contributed by atoms with Crippen molar-refractivity contribution in [3.8, 4) is 0 Å². The molecule has 0 aliphatic heterocycles. The summed E-state index contributed by atoms with van der Waals surface area (Å²) in [5.41, 5.74) is 1.12. The van der Waals surface area contributed by atoms with Crippen LogP contribution in [0.4, 0.5) is 5.82 Å². The van der Waals surface area contributed by atoms with Crippen molar-refractivity contribution >= 4 is 23.3 Å². The Hall–Kier alpha value is -1.88. The third-order valence-corrected chi connectivity index (χ3v) is 2.23. The minimum absolute atomic E-state index is 0.265. The molecule has 6 heteroatoms. The van der Waals surface area contributed by atoms with Crippen molar-refractivity contribution in [3.63, 3.8) is 0 Å². The van der Waals surface area contributed by atoms with Gasteiger partial charge in [0.25, 0.3) is 5.91 Å². The SMILES string of the molecule is Cc1cn[nH]c1NC(=O)c1cccc(Cl)n1. The molecule has 1 amide bonds. The van der Waals surface area contributed by atoms with Crippen LogP contribution in [-0.4, -0.2) is 21.1 Å². The van der Waals surface area contributed by atoms with E-state index in [-0.39, 0.29) is 16.8 Å². The van der Waals surface area contributed by atoms with Crippen LogP contribution in [0.25, 0.3) is 0 Å². The molecule has 0 spiro atoms. The minimum Gasteiger partial charge on any atom is -0.305 e. The van der Waals surface area contributed by atoms with Gasteiger partial charge in [0.05, 0.1) is 6.20 Å². The molecule has 2 aromatic rings. The van der Waals surface area contributed by atoms with Gasteiger partial charge in [-0.3, -0.25) is 9.89 Å². The third-order valence-electron chi connectivity index (χ3n) is 2.02. The van der Waals surface area contributed by atoms with E-state index in [2.05, 4.69) is 20.5 Å². The lowest BCUT2D eigenvalue weighted by molar-refractivity contribution is 0.102. The zero-order valence-electron chi connectivity index (χ0n) is 8.49. The van der Waals surface area contributed by atoms with Gasteiger partial charge in [-0.05, 0) is 19.1 Å². The fourth-order valence-electron chi connectivity index (χ4n) is 1.19. The number of aromatic amines is 1. The van der Waals surface area contributed by atoms with Gasteiger partial charge >= 0.3 is 0 Å². The average molecular weight is 237 g/mol. The lowest BCUT2D eigenvalue weighted by Gasteiger charge is -2.02. The first-order valence-corrected chi connectivity index (χ1v) is 4.98. The molecular formula is C10H9ClN4O. The molecule has 2 rings (SSSR count). The molecule has 0 saturated heterocycles. The minimum atomic E-state index is -0.324. The molecule has 2 aromatic heterocycles. The van der Waals surface area contributed by atoms with Crippen molar-refractivity contribution < 1.29 is 4.79 Å². The van der Waals surface area contributed by atoms with Crippen LogP contribution in [0.15, 0.2) is 24.4 Å². The summed E-state index contributed by atoms with van der Waals surface area (Å²) in [6, 6.07) is 4.87. The fraction of sp³-hybridized carbons (Fsp3) is 0.100. The Morgan fingerprint density at radius 2 is 2.31 bits per heavy atom. The van der Waals surface area contributed by atoms with Crippen LogP contribution in [0.3, 0.4) is 0 Å². The molecule has 0 bridgehead atoms. The van der Waals surface area contributed by atoms with E-state index in [0.717, 1.165) is 5.56 Å². The van der Waals surface area contributed by atoms with Crippen LogP contribution >= 0.6 is 11.6 Å². The number of hydrogen-bond acceptors (Lipinski definition) is 3. The third kappa shape index (κ3) is 2.20. The molecule has 0 saturated carbocycles. The molecule has 0 atom stereocenters. The standard InChI is InChI=1S/C10H9ClN4O/c1-6-5-12-15-9(6)14-10(16)7-3-2-4-8(11)13-7/h2-5H,1H3,(H2,12,14,15,16). The molecule has 2 N–H and O–H groups in total. The number of carbonyl (C=O) groups is 1. The fourth-order valence-corrected chi connectivity index (χ4v) is 1.35. The second kappa shape index (κ2) is 4.32. The number of hydrogen-bond donors (Lipinski definition) is 2. The van der Waals surface area contributed by atoms with Crippen LogP contribution in [-0.2, 0) is 0 Å². The molecule has 0 aliphatic rings. The maximum atomic E-state index is 11.7. The van der Waals surface area contributed by atoms with Crippen molar-refractivity contribution in [3.05, 3.63) is 40.8 Å². The number of amides is 1. The van der Waals surface area contributed by atoms with Gasteiger partial charge in [0, 0.05) is 5.56 Å². The second-order valence-electron chi connectivity index (χ2n) is 3.23. The quantitative estimate of drug-likeness (QED) is 0.784. The Morgan fingerprint density at radius 3 is 2.94 bits per heavy atom. The summed E-state index contributed by atoms with van der Waals surface area (Å²) in [6.45, 7) is 1.84. The first-order valence-electron chi connectivity index (χ1n) is 4.60. The molecule has 5 nitrogen and oxygen atoms in total. The van der Waals surface area contributed by atoms with E-state index >= 15 is 0 Å². The highest BCUT2D eigenvalue weighted by atomic mass is 35.5. The highest BCUT2D eigenvalue weighted by molar-refractivity contribution is 6.29. The van der Waals surface area contributed by atoms with Crippen LogP contribution < -0.4 is 5.32 Å². The smallest absolute Gasteiger partial charge is 0.275 e. The number of pyridine rings is 1. The van der Waals surface area contributed by atoms with Gasteiger partial charge in [0.1, 0.15) is 16.7 Å². The molecule has 0 aromatic carbocycles. The molecular weight excluding hydrogens is 228 g/mol. The van der Waals surface area contributed by atoms with E-state index in [1.54, 1.807) is 24.4 Å². The summed E-state index contributed by atoms with van der Waals surface area (Å²) in [7, 11) is 0. The molecule has 16 heavy (non-hydrogen) atoms. The molecule has 2 heterocycles. The molecule has 0 aliphatic carbocycles. The zero-order valence-corrected chi connectivity index (χ0v) is 9.25. The second-order valence-corrected chi connectivity index (χ2v) is 3.61. The van der Waals surface area contributed by atoms with Gasteiger partial charge in [-0.25, -0.2) is 4.98 Å². The predicted octanol–water partition coefficient (Wildman–Crippen LogP) is 2.02. The maximum Gasteiger partial charge on any atom is 0.275 e. The molecule has 0 radical (unpaired) electrons. The number of nitrogens with one attached hydrogen (secondary N) is 2. The van der Waals surface area contributed by atoms with Crippen molar-refractivity contribution in [1.82, 2.24) is 15.2 Å². The largest absolute Gasteiger partial charge is 0.305 e. The van der Waals surface area contributed by atoms with Crippen LogP contribution in [0.1, 0.15) is 16.1 Å². The summed E-state index contributed by atoms with van der Waals surface area (Å²) in [5, 5.41) is 9.42. The van der Waals surface area contributed by atoms with Gasteiger partial charge in [-0.2, -0.15) is 5.10 Å². The molecule has 82 valence electrons. The van der Waals surface area contributed by atoms with Crippen molar-refractivity contribution in [1.29, 1.82) is 0 Å². The Kier molecular flexibility index (Phi) is 2.87. The topological polar surface area (TPSA) is 70.7 Å². The number of aromatic nitrogens is 3. The van der Waals surface area contributed by atoms with E-state index < -0.39 is 0 Å². The van der Waals surface area contributed by atoms with Crippen molar-refractivity contribution in [2.24, 2.45) is 0 Å². The summed E-state index contributed by atoms with van der Waals surface area (Å²) >= 11 is 5.69. The lowest BCUT2D eigenvalue weighted by Crippen LogP contribution is -2.14. The Bertz CT molecular complexity index is 523. The van der Waals surface area contributed by atoms with Gasteiger partial charge in [0.15, 0.2) is 0 Å². The molecule has 0 unspecified atom stereocenters. The zero-order chi connectivity index (χ0) is 11.5. The summed E-state index contributed by atoms with van der Waals surface area (Å²) in [4.78, 5) is 15.6. The number of nitrogens with zero attached hydrogens (tertiary/aromatic N) is 2. The van der Waals surface area contributed by atoms with Crippen molar-refractivity contribution in [2.75, 3.05) is 5.32 Å². The number of carbonyl (C=O) groups excluding carboxylic acids is 1.